The Morgan fingerprint density at radius 2 is 2.05 bits per heavy atom. The van der Waals surface area contributed by atoms with Gasteiger partial charge in [-0.15, -0.1) is 11.3 Å². The van der Waals surface area contributed by atoms with Crippen molar-refractivity contribution in [3.8, 4) is 0 Å². The molecule has 0 aliphatic carbocycles. The van der Waals surface area contributed by atoms with Gasteiger partial charge >= 0.3 is 0 Å². The van der Waals surface area contributed by atoms with Crippen molar-refractivity contribution in [3.05, 3.63) is 16.3 Å². The van der Waals surface area contributed by atoms with E-state index >= 15 is 0 Å². The fraction of sp³-hybridized carbons (Fsp3) is 0.571. The average molecular weight is 279 g/mol. The molecule has 0 spiro atoms. The molecule has 0 aromatic carbocycles. The van der Waals surface area contributed by atoms with E-state index in [1.54, 1.807) is 18.4 Å². The predicted octanol–water partition coefficient (Wildman–Crippen LogP) is 3.32. The SMILES string of the molecule is CCNc1nc(CC(C)OC)nc2sc(C)c(C)c12. The van der Waals surface area contributed by atoms with Gasteiger partial charge in [-0.25, -0.2) is 9.97 Å². The highest BCUT2D eigenvalue weighted by Crippen LogP contribution is 2.33. The lowest BCUT2D eigenvalue weighted by Crippen LogP contribution is -2.12. The van der Waals surface area contributed by atoms with E-state index in [1.807, 2.05) is 6.92 Å². The number of methoxy groups -OCH3 is 1. The molecule has 1 atom stereocenters. The van der Waals surface area contributed by atoms with Crippen LogP contribution in [0.3, 0.4) is 0 Å². The third-order valence-corrected chi connectivity index (χ3v) is 4.39. The van der Waals surface area contributed by atoms with Crippen LogP contribution in [0, 0.1) is 13.8 Å². The summed E-state index contributed by atoms with van der Waals surface area (Å²) < 4.78 is 5.30. The summed E-state index contributed by atoms with van der Waals surface area (Å²) in [5.41, 5.74) is 1.28. The monoisotopic (exact) mass is 279 g/mol. The summed E-state index contributed by atoms with van der Waals surface area (Å²) in [6, 6.07) is 0. The van der Waals surface area contributed by atoms with Gasteiger partial charge in [-0.05, 0) is 33.3 Å². The van der Waals surface area contributed by atoms with E-state index in [0.717, 1.165) is 34.8 Å². The van der Waals surface area contributed by atoms with Crippen LogP contribution in [0.25, 0.3) is 10.2 Å². The van der Waals surface area contributed by atoms with Crippen molar-refractivity contribution in [3.63, 3.8) is 0 Å². The topological polar surface area (TPSA) is 47.0 Å². The highest BCUT2D eigenvalue weighted by atomic mass is 32.1. The second-order valence-electron chi connectivity index (χ2n) is 4.73. The Morgan fingerprint density at radius 3 is 2.68 bits per heavy atom. The summed E-state index contributed by atoms with van der Waals surface area (Å²) in [5, 5.41) is 4.52. The van der Waals surface area contributed by atoms with E-state index in [1.165, 1.54) is 10.4 Å². The van der Waals surface area contributed by atoms with E-state index in [2.05, 4.69) is 36.1 Å². The van der Waals surface area contributed by atoms with Crippen LogP contribution < -0.4 is 5.32 Å². The lowest BCUT2D eigenvalue weighted by Gasteiger charge is -2.11. The zero-order valence-corrected chi connectivity index (χ0v) is 13.0. The van der Waals surface area contributed by atoms with Gasteiger partial charge < -0.3 is 10.1 Å². The van der Waals surface area contributed by atoms with Gasteiger partial charge in [0.1, 0.15) is 16.5 Å². The summed E-state index contributed by atoms with van der Waals surface area (Å²) in [5.74, 6) is 1.80. The maximum absolute atomic E-state index is 5.30. The quantitative estimate of drug-likeness (QED) is 0.912. The van der Waals surface area contributed by atoms with Crippen molar-refractivity contribution in [1.82, 2.24) is 9.97 Å². The molecule has 1 N–H and O–H groups in total. The molecule has 5 heteroatoms. The number of ether oxygens (including phenoxy) is 1. The average Bonchev–Trinajstić information content (AvgIpc) is 2.65. The summed E-state index contributed by atoms with van der Waals surface area (Å²) in [4.78, 5) is 11.7. The van der Waals surface area contributed by atoms with Gasteiger partial charge in [0.2, 0.25) is 0 Å². The maximum atomic E-state index is 5.30. The number of thiophene rings is 1. The first kappa shape index (κ1) is 14.2. The first-order chi connectivity index (χ1) is 9.06. The van der Waals surface area contributed by atoms with E-state index in [-0.39, 0.29) is 6.10 Å². The van der Waals surface area contributed by atoms with Gasteiger partial charge in [-0.3, -0.25) is 0 Å². The van der Waals surface area contributed by atoms with Gasteiger partial charge in [0, 0.05) is 25.0 Å². The van der Waals surface area contributed by atoms with Crippen LogP contribution in [0.4, 0.5) is 5.82 Å². The van der Waals surface area contributed by atoms with Crippen LogP contribution in [-0.2, 0) is 11.2 Å². The third-order valence-electron chi connectivity index (χ3n) is 3.29. The van der Waals surface area contributed by atoms with Crippen LogP contribution >= 0.6 is 11.3 Å². The molecule has 2 aromatic heterocycles. The van der Waals surface area contributed by atoms with Crippen molar-refractivity contribution in [2.75, 3.05) is 19.0 Å². The lowest BCUT2D eigenvalue weighted by atomic mass is 10.2. The van der Waals surface area contributed by atoms with E-state index in [0.29, 0.717) is 0 Å². The normalized spacial score (nSPS) is 12.9. The number of fused-ring (bicyclic) bond motifs is 1. The van der Waals surface area contributed by atoms with Crippen LogP contribution in [0.15, 0.2) is 0 Å². The Morgan fingerprint density at radius 1 is 1.32 bits per heavy atom. The van der Waals surface area contributed by atoms with Gasteiger partial charge in [-0.2, -0.15) is 0 Å². The number of nitrogens with one attached hydrogen (secondary N) is 1. The molecule has 0 amide bonds. The molecule has 0 aliphatic rings. The van der Waals surface area contributed by atoms with Gasteiger partial charge in [0.05, 0.1) is 11.5 Å². The molecule has 4 nitrogen and oxygen atoms in total. The van der Waals surface area contributed by atoms with Crippen molar-refractivity contribution >= 4 is 27.4 Å². The number of anilines is 1. The summed E-state index contributed by atoms with van der Waals surface area (Å²) in [6.07, 6.45) is 0.870. The van der Waals surface area contributed by atoms with Crippen molar-refractivity contribution in [2.45, 2.75) is 40.2 Å². The van der Waals surface area contributed by atoms with Gasteiger partial charge in [-0.1, -0.05) is 0 Å². The molecule has 19 heavy (non-hydrogen) atoms. The molecule has 2 heterocycles. The van der Waals surface area contributed by atoms with Crippen molar-refractivity contribution < 1.29 is 4.74 Å². The number of rotatable bonds is 5. The second kappa shape index (κ2) is 5.84. The smallest absolute Gasteiger partial charge is 0.138 e. The molecular formula is C14H21N3OS. The van der Waals surface area contributed by atoms with Crippen LogP contribution in [0.2, 0.25) is 0 Å². The molecule has 2 aromatic rings. The minimum atomic E-state index is 0.133. The Labute approximate surface area is 118 Å². The molecule has 0 saturated heterocycles. The minimum Gasteiger partial charge on any atom is -0.381 e. The minimum absolute atomic E-state index is 0.133. The predicted molar refractivity (Wildman–Crippen MR) is 81.2 cm³/mol. The molecule has 0 aliphatic heterocycles. The Balaban J connectivity index is 2.51. The lowest BCUT2D eigenvalue weighted by molar-refractivity contribution is 0.117. The Hall–Kier alpha value is -1.20. The van der Waals surface area contributed by atoms with Crippen LogP contribution in [-0.4, -0.2) is 29.7 Å². The maximum Gasteiger partial charge on any atom is 0.138 e. The standard InChI is InChI=1S/C14H21N3OS/c1-6-15-13-12-9(3)10(4)19-14(12)17-11(16-13)7-8(2)18-5/h8H,6-7H2,1-5H3,(H,15,16,17). The number of hydrogen-bond acceptors (Lipinski definition) is 5. The van der Waals surface area contributed by atoms with E-state index < -0.39 is 0 Å². The van der Waals surface area contributed by atoms with E-state index in [9.17, 15) is 0 Å². The Bertz CT molecular complexity index is 580. The largest absolute Gasteiger partial charge is 0.381 e. The molecule has 104 valence electrons. The first-order valence-corrected chi connectivity index (χ1v) is 7.41. The zero-order valence-electron chi connectivity index (χ0n) is 12.2. The van der Waals surface area contributed by atoms with Crippen molar-refractivity contribution in [1.29, 1.82) is 0 Å². The van der Waals surface area contributed by atoms with Gasteiger partial charge in [0.15, 0.2) is 0 Å². The van der Waals surface area contributed by atoms with E-state index in [4.69, 9.17) is 4.74 Å². The number of nitrogens with zero attached hydrogens (tertiary/aromatic N) is 2. The molecule has 1 unspecified atom stereocenters. The van der Waals surface area contributed by atoms with Crippen molar-refractivity contribution in [2.24, 2.45) is 0 Å². The first-order valence-electron chi connectivity index (χ1n) is 6.60. The summed E-state index contributed by atoms with van der Waals surface area (Å²) >= 11 is 1.74. The highest BCUT2D eigenvalue weighted by molar-refractivity contribution is 7.18. The Kier molecular flexibility index (Phi) is 4.37. The van der Waals surface area contributed by atoms with Crippen LogP contribution in [0.1, 0.15) is 30.1 Å². The number of aromatic nitrogens is 2. The molecule has 0 bridgehead atoms. The fourth-order valence-corrected chi connectivity index (χ4v) is 3.07. The highest BCUT2D eigenvalue weighted by Gasteiger charge is 2.15. The molecule has 0 radical (unpaired) electrons. The number of aryl methyl sites for hydroxylation is 2. The number of hydrogen-bond donors (Lipinski definition) is 1. The summed E-state index contributed by atoms with van der Waals surface area (Å²) in [7, 11) is 1.72. The molecule has 0 saturated carbocycles. The third kappa shape index (κ3) is 2.87. The fourth-order valence-electron chi connectivity index (χ4n) is 2.02. The molecular weight excluding hydrogens is 258 g/mol. The van der Waals surface area contributed by atoms with Crippen LogP contribution in [0.5, 0.6) is 0 Å². The van der Waals surface area contributed by atoms with Gasteiger partial charge in [0.25, 0.3) is 0 Å². The summed E-state index contributed by atoms with van der Waals surface area (Å²) in [6.45, 7) is 9.25. The second-order valence-corrected chi connectivity index (χ2v) is 5.94. The zero-order chi connectivity index (χ0) is 14.0. The molecule has 0 fully saturated rings. The molecule has 2 rings (SSSR count).